The molecule has 1 saturated heterocycles. The molecular weight excluding hydrogens is 296 g/mol. The lowest BCUT2D eigenvalue weighted by Gasteiger charge is -2.26. The third kappa shape index (κ3) is 3.65. The minimum atomic E-state index is -0.0137. The minimum absolute atomic E-state index is 0.0137. The summed E-state index contributed by atoms with van der Waals surface area (Å²) in [5.41, 5.74) is 1.98. The van der Waals surface area contributed by atoms with Gasteiger partial charge in [-0.25, -0.2) is 0 Å². The Morgan fingerprint density at radius 1 is 1.22 bits per heavy atom. The van der Waals surface area contributed by atoms with Crippen LogP contribution in [-0.2, 0) is 16.1 Å². The second kappa shape index (κ2) is 6.74. The Morgan fingerprint density at radius 3 is 2.57 bits per heavy atom. The van der Waals surface area contributed by atoms with Crippen LogP contribution in [0.25, 0.3) is 11.4 Å². The second-order valence-electron chi connectivity index (χ2n) is 5.58. The van der Waals surface area contributed by atoms with Crippen molar-refractivity contribution in [2.24, 2.45) is 0 Å². The van der Waals surface area contributed by atoms with Gasteiger partial charge >= 0.3 is 0 Å². The van der Waals surface area contributed by atoms with Gasteiger partial charge in [0.15, 0.2) is 0 Å². The minimum Gasteiger partial charge on any atom is -0.378 e. The van der Waals surface area contributed by atoms with Crippen LogP contribution in [0.5, 0.6) is 0 Å². The SMILES string of the molecule is CN(C)c1ccc(-c2nnn(CC(=O)N3CCOCC3)n2)cc1. The molecule has 0 unspecified atom stereocenters. The van der Waals surface area contributed by atoms with Crippen LogP contribution in [-0.4, -0.2) is 71.4 Å². The Morgan fingerprint density at radius 2 is 1.91 bits per heavy atom. The predicted octanol–water partition coefficient (Wildman–Crippen LogP) is 0.265. The number of ether oxygens (including phenoxy) is 1. The average Bonchev–Trinajstić information content (AvgIpc) is 3.04. The van der Waals surface area contributed by atoms with E-state index in [0.29, 0.717) is 32.1 Å². The van der Waals surface area contributed by atoms with Crippen molar-refractivity contribution in [3.8, 4) is 11.4 Å². The lowest BCUT2D eigenvalue weighted by molar-refractivity contribution is -0.136. The number of rotatable bonds is 4. The van der Waals surface area contributed by atoms with Crippen molar-refractivity contribution in [2.75, 3.05) is 45.3 Å². The summed E-state index contributed by atoms with van der Waals surface area (Å²) in [6.45, 7) is 2.50. The van der Waals surface area contributed by atoms with Crippen molar-refractivity contribution >= 4 is 11.6 Å². The van der Waals surface area contributed by atoms with E-state index in [9.17, 15) is 4.79 Å². The maximum absolute atomic E-state index is 12.2. The number of benzene rings is 1. The first-order valence-electron chi connectivity index (χ1n) is 7.54. The highest BCUT2D eigenvalue weighted by Crippen LogP contribution is 2.18. The van der Waals surface area contributed by atoms with E-state index in [4.69, 9.17) is 4.74 Å². The van der Waals surface area contributed by atoms with Crippen LogP contribution in [0.4, 0.5) is 5.69 Å². The highest BCUT2D eigenvalue weighted by Gasteiger charge is 2.18. The predicted molar refractivity (Wildman–Crippen MR) is 85.0 cm³/mol. The van der Waals surface area contributed by atoms with Crippen molar-refractivity contribution in [2.45, 2.75) is 6.54 Å². The second-order valence-corrected chi connectivity index (χ2v) is 5.58. The number of carbonyl (C=O) groups is 1. The number of hydrogen-bond acceptors (Lipinski definition) is 6. The van der Waals surface area contributed by atoms with Gasteiger partial charge in [-0.15, -0.1) is 10.2 Å². The standard InChI is InChI=1S/C15H20N6O2/c1-19(2)13-5-3-12(4-6-13)15-16-18-21(17-15)11-14(22)20-7-9-23-10-8-20/h3-6H,7-11H2,1-2H3. The van der Waals surface area contributed by atoms with E-state index in [0.717, 1.165) is 11.3 Å². The Bertz CT molecular complexity index is 661. The van der Waals surface area contributed by atoms with Crippen molar-refractivity contribution < 1.29 is 9.53 Å². The molecule has 0 spiro atoms. The van der Waals surface area contributed by atoms with Gasteiger partial charge in [-0.2, -0.15) is 4.80 Å². The van der Waals surface area contributed by atoms with Crippen LogP contribution in [0.2, 0.25) is 0 Å². The molecule has 1 aliphatic rings. The molecule has 122 valence electrons. The van der Waals surface area contributed by atoms with E-state index >= 15 is 0 Å². The quantitative estimate of drug-likeness (QED) is 0.805. The largest absolute Gasteiger partial charge is 0.378 e. The fourth-order valence-electron chi connectivity index (χ4n) is 2.37. The summed E-state index contributed by atoms with van der Waals surface area (Å²) in [5, 5.41) is 12.3. The molecule has 0 N–H and O–H groups in total. The number of anilines is 1. The fourth-order valence-corrected chi connectivity index (χ4v) is 2.37. The molecule has 1 aliphatic heterocycles. The number of carbonyl (C=O) groups excluding carboxylic acids is 1. The highest BCUT2D eigenvalue weighted by molar-refractivity contribution is 5.75. The zero-order valence-corrected chi connectivity index (χ0v) is 13.3. The van der Waals surface area contributed by atoms with Crippen LogP contribution in [0.1, 0.15) is 0 Å². The number of amides is 1. The van der Waals surface area contributed by atoms with Crippen LogP contribution >= 0.6 is 0 Å². The van der Waals surface area contributed by atoms with Crippen LogP contribution in [0.15, 0.2) is 24.3 Å². The molecule has 1 aromatic carbocycles. The molecule has 2 aromatic rings. The average molecular weight is 316 g/mol. The van der Waals surface area contributed by atoms with Gasteiger partial charge in [-0.1, -0.05) is 0 Å². The summed E-state index contributed by atoms with van der Waals surface area (Å²) >= 11 is 0. The van der Waals surface area contributed by atoms with Gasteiger partial charge in [0.1, 0.15) is 6.54 Å². The molecule has 3 rings (SSSR count). The first-order valence-corrected chi connectivity index (χ1v) is 7.54. The maximum atomic E-state index is 12.2. The van der Waals surface area contributed by atoms with Gasteiger partial charge in [-0.3, -0.25) is 4.79 Å². The molecular formula is C15H20N6O2. The van der Waals surface area contributed by atoms with E-state index < -0.39 is 0 Å². The Balaban J connectivity index is 1.66. The van der Waals surface area contributed by atoms with Gasteiger partial charge < -0.3 is 14.5 Å². The topological polar surface area (TPSA) is 76.4 Å². The molecule has 8 heteroatoms. The maximum Gasteiger partial charge on any atom is 0.246 e. The van der Waals surface area contributed by atoms with Crippen LogP contribution in [0, 0.1) is 0 Å². The van der Waals surface area contributed by atoms with E-state index in [1.54, 1.807) is 4.90 Å². The highest BCUT2D eigenvalue weighted by atomic mass is 16.5. The van der Waals surface area contributed by atoms with Crippen LogP contribution < -0.4 is 4.90 Å². The third-order valence-electron chi connectivity index (χ3n) is 3.74. The van der Waals surface area contributed by atoms with Gasteiger partial charge in [-0.05, 0) is 29.5 Å². The summed E-state index contributed by atoms with van der Waals surface area (Å²) in [4.78, 5) is 17.3. The van der Waals surface area contributed by atoms with E-state index in [2.05, 4.69) is 15.4 Å². The smallest absolute Gasteiger partial charge is 0.246 e. The zero-order valence-electron chi connectivity index (χ0n) is 13.3. The monoisotopic (exact) mass is 316 g/mol. The van der Waals surface area contributed by atoms with Gasteiger partial charge in [0.05, 0.1) is 13.2 Å². The molecule has 0 saturated carbocycles. The summed E-state index contributed by atoms with van der Waals surface area (Å²) in [6.07, 6.45) is 0. The molecule has 23 heavy (non-hydrogen) atoms. The summed E-state index contributed by atoms with van der Waals surface area (Å²) in [5.74, 6) is 0.505. The number of hydrogen-bond donors (Lipinski definition) is 0. The molecule has 2 heterocycles. The number of tetrazole rings is 1. The molecule has 8 nitrogen and oxygen atoms in total. The molecule has 0 bridgehead atoms. The van der Waals surface area contributed by atoms with Gasteiger partial charge in [0.2, 0.25) is 11.7 Å². The molecule has 1 amide bonds. The molecule has 0 atom stereocenters. The molecule has 0 radical (unpaired) electrons. The number of morpholine rings is 1. The van der Waals surface area contributed by atoms with E-state index in [-0.39, 0.29) is 12.5 Å². The van der Waals surface area contributed by atoms with E-state index in [1.165, 1.54) is 4.80 Å². The van der Waals surface area contributed by atoms with Crippen LogP contribution in [0.3, 0.4) is 0 Å². The summed E-state index contributed by atoms with van der Waals surface area (Å²) in [6, 6.07) is 7.88. The molecule has 1 aromatic heterocycles. The normalized spacial score (nSPS) is 14.8. The fraction of sp³-hybridized carbons (Fsp3) is 0.467. The van der Waals surface area contributed by atoms with Gasteiger partial charge in [0, 0.05) is 38.4 Å². The zero-order chi connectivity index (χ0) is 16.2. The lowest BCUT2D eigenvalue weighted by Crippen LogP contribution is -2.42. The Kier molecular flexibility index (Phi) is 4.52. The number of nitrogens with zero attached hydrogens (tertiary/aromatic N) is 6. The van der Waals surface area contributed by atoms with Gasteiger partial charge in [0.25, 0.3) is 0 Å². The Labute approximate surface area is 134 Å². The van der Waals surface area contributed by atoms with Crippen molar-refractivity contribution in [3.05, 3.63) is 24.3 Å². The van der Waals surface area contributed by atoms with Crippen molar-refractivity contribution in [3.63, 3.8) is 0 Å². The van der Waals surface area contributed by atoms with Crippen molar-refractivity contribution in [1.82, 2.24) is 25.1 Å². The lowest BCUT2D eigenvalue weighted by atomic mass is 10.2. The Hall–Kier alpha value is -2.48. The first-order chi connectivity index (χ1) is 11.1. The first kappa shape index (κ1) is 15.4. The van der Waals surface area contributed by atoms with Crippen molar-refractivity contribution in [1.29, 1.82) is 0 Å². The molecule has 0 aliphatic carbocycles. The van der Waals surface area contributed by atoms with E-state index in [1.807, 2.05) is 43.3 Å². The number of aromatic nitrogens is 4. The molecule has 1 fully saturated rings. The third-order valence-corrected chi connectivity index (χ3v) is 3.74. The summed E-state index contributed by atoms with van der Waals surface area (Å²) in [7, 11) is 3.97. The summed E-state index contributed by atoms with van der Waals surface area (Å²) < 4.78 is 5.24.